The van der Waals surface area contributed by atoms with Crippen LogP contribution in [0, 0.1) is 0 Å². The van der Waals surface area contributed by atoms with Gasteiger partial charge >= 0.3 is 0 Å². The molecule has 0 saturated carbocycles. The summed E-state index contributed by atoms with van der Waals surface area (Å²) in [5.74, 6) is 1.56. The number of benzene rings is 2. The predicted octanol–water partition coefficient (Wildman–Crippen LogP) is 4.33. The summed E-state index contributed by atoms with van der Waals surface area (Å²) >= 11 is 1.64. The summed E-state index contributed by atoms with van der Waals surface area (Å²) in [6.07, 6.45) is 5.27. The van der Waals surface area contributed by atoms with Gasteiger partial charge in [-0.25, -0.2) is 0 Å². The van der Waals surface area contributed by atoms with Gasteiger partial charge in [0.15, 0.2) is 17.3 Å². The number of allylic oxidation sites excluding steroid dienone is 1. The van der Waals surface area contributed by atoms with Crippen LogP contribution in [0.2, 0.25) is 0 Å². The van der Waals surface area contributed by atoms with Crippen molar-refractivity contribution in [1.29, 1.82) is 0 Å². The number of carbonyl (C=O) groups is 1. The van der Waals surface area contributed by atoms with Gasteiger partial charge in [-0.2, -0.15) is 0 Å². The number of thioether (sulfide) groups is 1. The van der Waals surface area contributed by atoms with Crippen LogP contribution in [0.15, 0.2) is 47.4 Å². The molecular weight excluding hydrogens is 324 g/mol. The van der Waals surface area contributed by atoms with Crippen molar-refractivity contribution in [3.05, 3.63) is 53.6 Å². The first kappa shape index (κ1) is 17.9. The molecule has 0 atom stereocenters. The molecule has 0 saturated heterocycles. The highest BCUT2D eigenvalue weighted by Crippen LogP contribution is 2.38. The lowest BCUT2D eigenvalue weighted by Crippen LogP contribution is -1.96. The standard InChI is InChI=1S/C19H20O4S/c1-21-17-11-13(12-18(22-2)19(17)23-3)5-10-16(20)14-6-8-15(24-4)9-7-14/h5-12H,1-4H3/b10-5-. The number of carbonyl (C=O) groups excluding carboxylic acids is 1. The SMILES string of the molecule is COc1cc(/C=C\C(=O)c2ccc(SC)cc2)cc(OC)c1OC. The van der Waals surface area contributed by atoms with Gasteiger partial charge in [0.1, 0.15) is 0 Å². The summed E-state index contributed by atoms with van der Waals surface area (Å²) in [7, 11) is 4.67. The second-order valence-corrected chi connectivity index (χ2v) is 5.76. The first-order valence-corrected chi connectivity index (χ1v) is 8.52. The van der Waals surface area contributed by atoms with E-state index in [0.717, 1.165) is 10.5 Å². The normalized spacial score (nSPS) is 10.7. The van der Waals surface area contributed by atoms with Gasteiger partial charge in [0, 0.05) is 10.5 Å². The Bertz CT molecular complexity index is 711. The number of rotatable bonds is 7. The second-order valence-electron chi connectivity index (χ2n) is 4.88. The van der Waals surface area contributed by atoms with Crippen LogP contribution in [0.1, 0.15) is 15.9 Å². The number of hydrogen-bond donors (Lipinski definition) is 0. The first-order valence-electron chi connectivity index (χ1n) is 7.29. The van der Waals surface area contributed by atoms with E-state index in [-0.39, 0.29) is 5.78 Å². The molecule has 0 aliphatic carbocycles. The maximum Gasteiger partial charge on any atom is 0.203 e. The highest BCUT2D eigenvalue weighted by atomic mass is 32.2. The minimum absolute atomic E-state index is 0.0589. The van der Waals surface area contributed by atoms with E-state index >= 15 is 0 Å². The van der Waals surface area contributed by atoms with Crippen molar-refractivity contribution < 1.29 is 19.0 Å². The van der Waals surface area contributed by atoms with E-state index < -0.39 is 0 Å². The van der Waals surface area contributed by atoms with Crippen molar-refractivity contribution in [3.63, 3.8) is 0 Å². The highest BCUT2D eigenvalue weighted by molar-refractivity contribution is 7.98. The minimum Gasteiger partial charge on any atom is -0.493 e. The first-order chi connectivity index (χ1) is 11.6. The third-order valence-corrected chi connectivity index (χ3v) is 4.23. The molecule has 0 aromatic heterocycles. The fourth-order valence-electron chi connectivity index (χ4n) is 2.22. The molecule has 0 heterocycles. The van der Waals surface area contributed by atoms with E-state index in [1.807, 2.05) is 30.5 Å². The predicted molar refractivity (Wildman–Crippen MR) is 97.7 cm³/mol. The second kappa shape index (κ2) is 8.45. The molecule has 2 aromatic carbocycles. The molecule has 0 fully saturated rings. The Morgan fingerprint density at radius 3 is 2.00 bits per heavy atom. The Hall–Kier alpha value is -2.40. The Balaban J connectivity index is 2.25. The van der Waals surface area contributed by atoms with Crippen molar-refractivity contribution in [3.8, 4) is 17.2 Å². The van der Waals surface area contributed by atoms with Gasteiger partial charge in [-0.3, -0.25) is 4.79 Å². The lowest BCUT2D eigenvalue weighted by atomic mass is 10.1. The zero-order chi connectivity index (χ0) is 17.5. The summed E-state index contributed by atoms with van der Waals surface area (Å²) in [5, 5.41) is 0. The summed E-state index contributed by atoms with van der Waals surface area (Å²) in [5.41, 5.74) is 1.44. The molecular formula is C19H20O4S. The molecule has 0 aliphatic rings. The topological polar surface area (TPSA) is 44.8 Å². The molecule has 0 bridgehead atoms. The average molecular weight is 344 g/mol. The number of ketones is 1. The lowest BCUT2D eigenvalue weighted by Gasteiger charge is -2.12. The zero-order valence-corrected chi connectivity index (χ0v) is 15.0. The molecule has 0 unspecified atom stereocenters. The van der Waals surface area contributed by atoms with Crippen LogP contribution in [-0.2, 0) is 0 Å². The van der Waals surface area contributed by atoms with Gasteiger partial charge in [-0.15, -0.1) is 11.8 Å². The van der Waals surface area contributed by atoms with Crippen LogP contribution in [0.3, 0.4) is 0 Å². The molecule has 0 N–H and O–H groups in total. The monoisotopic (exact) mass is 344 g/mol. The number of methoxy groups -OCH3 is 3. The molecule has 4 nitrogen and oxygen atoms in total. The number of ether oxygens (including phenoxy) is 3. The van der Waals surface area contributed by atoms with Crippen molar-refractivity contribution in [2.24, 2.45) is 0 Å². The van der Waals surface area contributed by atoms with Gasteiger partial charge < -0.3 is 14.2 Å². The third kappa shape index (κ3) is 4.11. The van der Waals surface area contributed by atoms with Gasteiger partial charge in [0.2, 0.25) is 5.75 Å². The van der Waals surface area contributed by atoms with Crippen molar-refractivity contribution in [2.75, 3.05) is 27.6 Å². The van der Waals surface area contributed by atoms with Crippen LogP contribution >= 0.6 is 11.8 Å². The Kier molecular flexibility index (Phi) is 6.32. The molecule has 5 heteroatoms. The molecule has 0 aliphatic heterocycles. The van der Waals surface area contributed by atoms with E-state index in [0.29, 0.717) is 22.8 Å². The minimum atomic E-state index is -0.0589. The van der Waals surface area contributed by atoms with Crippen LogP contribution in [0.4, 0.5) is 0 Å². The highest BCUT2D eigenvalue weighted by Gasteiger charge is 2.12. The van der Waals surface area contributed by atoms with Crippen molar-refractivity contribution >= 4 is 23.6 Å². The maximum absolute atomic E-state index is 12.3. The summed E-state index contributed by atoms with van der Waals surface area (Å²) < 4.78 is 15.9. The lowest BCUT2D eigenvalue weighted by molar-refractivity contribution is 0.104. The summed E-state index contributed by atoms with van der Waals surface area (Å²) in [6, 6.07) is 11.1. The van der Waals surface area contributed by atoms with Crippen molar-refractivity contribution in [1.82, 2.24) is 0 Å². The van der Waals surface area contributed by atoms with Crippen LogP contribution in [0.5, 0.6) is 17.2 Å². The molecule has 2 aromatic rings. The van der Waals surface area contributed by atoms with E-state index in [1.165, 1.54) is 6.08 Å². The Morgan fingerprint density at radius 1 is 0.958 bits per heavy atom. The smallest absolute Gasteiger partial charge is 0.203 e. The van der Waals surface area contributed by atoms with Gasteiger partial charge in [0.05, 0.1) is 21.3 Å². The van der Waals surface area contributed by atoms with Gasteiger partial charge in [0.25, 0.3) is 0 Å². The largest absolute Gasteiger partial charge is 0.493 e. The molecule has 24 heavy (non-hydrogen) atoms. The maximum atomic E-state index is 12.3. The average Bonchev–Trinajstić information content (AvgIpc) is 2.65. The zero-order valence-electron chi connectivity index (χ0n) is 14.2. The van der Waals surface area contributed by atoms with Crippen LogP contribution in [-0.4, -0.2) is 33.4 Å². The third-order valence-electron chi connectivity index (χ3n) is 3.49. The molecule has 2 rings (SSSR count). The van der Waals surface area contributed by atoms with E-state index in [9.17, 15) is 4.79 Å². The number of hydrogen-bond acceptors (Lipinski definition) is 5. The van der Waals surface area contributed by atoms with Crippen LogP contribution in [0.25, 0.3) is 6.08 Å². The fourth-order valence-corrected chi connectivity index (χ4v) is 2.63. The summed E-state index contributed by atoms with van der Waals surface area (Å²) in [4.78, 5) is 13.4. The molecule has 0 radical (unpaired) electrons. The van der Waals surface area contributed by atoms with E-state index in [4.69, 9.17) is 14.2 Å². The van der Waals surface area contributed by atoms with Crippen molar-refractivity contribution in [2.45, 2.75) is 4.90 Å². The molecule has 0 amide bonds. The van der Waals surface area contributed by atoms with E-state index in [1.54, 1.807) is 51.3 Å². The van der Waals surface area contributed by atoms with E-state index in [2.05, 4.69) is 0 Å². The fraction of sp³-hybridized carbons (Fsp3) is 0.211. The van der Waals surface area contributed by atoms with Gasteiger partial charge in [-0.1, -0.05) is 6.08 Å². The summed E-state index contributed by atoms with van der Waals surface area (Å²) in [6.45, 7) is 0. The molecule has 126 valence electrons. The Morgan fingerprint density at radius 2 is 1.54 bits per heavy atom. The molecule has 0 spiro atoms. The quantitative estimate of drug-likeness (QED) is 0.425. The van der Waals surface area contributed by atoms with Gasteiger partial charge in [-0.05, 0) is 54.3 Å². The van der Waals surface area contributed by atoms with Crippen LogP contribution < -0.4 is 14.2 Å². The Labute approximate surface area is 146 Å².